The molecule has 0 aliphatic rings. The van der Waals surface area contributed by atoms with Gasteiger partial charge in [-0.25, -0.2) is 9.97 Å². The van der Waals surface area contributed by atoms with Crippen LogP contribution in [-0.4, -0.2) is 24.9 Å². The zero-order valence-corrected chi connectivity index (χ0v) is 13.3. The molecule has 24 heavy (non-hydrogen) atoms. The number of anilines is 2. The largest absolute Gasteiger partial charge is 0.316 e. The second-order valence-corrected chi connectivity index (χ2v) is 5.76. The first kappa shape index (κ1) is 14.4. The molecule has 4 aromatic rings. The molecule has 0 aromatic carbocycles. The third-order valence-corrected chi connectivity index (χ3v) is 4.04. The molecule has 4 rings (SSSR count). The van der Waals surface area contributed by atoms with Gasteiger partial charge in [0.1, 0.15) is 11.5 Å². The Morgan fingerprint density at radius 1 is 0.833 bits per heavy atom. The number of rotatable bonds is 4. The van der Waals surface area contributed by atoms with Crippen LogP contribution in [0.25, 0.3) is 22.6 Å². The lowest BCUT2D eigenvalue weighted by Gasteiger charge is -2.04. The normalized spacial score (nSPS) is 10.5. The molecule has 7 heteroatoms. The molecule has 0 amide bonds. The second-order valence-electron chi connectivity index (χ2n) is 4.90. The predicted molar refractivity (Wildman–Crippen MR) is 93.9 cm³/mol. The van der Waals surface area contributed by atoms with Crippen molar-refractivity contribution >= 4 is 22.3 Å². The van der Waals surface area contributed by atoms with Crippen molar-refractivity contribution in [3.8, 4) is 22.6 Å². The lowest BCUT2D eigenvalue weighted by Crippen LogP contribution is -1.94. The van der Waals surface area contributed by atoms with Gasteiger partial charge in [-0.05, 0) is 24.3 Å². The van der Waals surface area contributed by atoms with E-state index in [1.54, 1.807) is 31.0 Å². The molecule has 4 heterocycles. The lowest BCUT2D eigenvalue weighted by atomic mass is 10.2. The second kappa shape index (κ2) is 6.51. The summed E-state index contributed by atoms with van der Waals surface area (Å²) >= 11 is 1.51. The molecule has 0 spiro atoms. The van der Waals surface area contributed by atoms with Crippen LogP contribution in [0.1, 0.15) is 0 Å². The highest BCUT2D eigenvalue weighted by atomic mass is 32.1. The van der Waals surface area contributed by atoms with E-state index in [1.165, 1.54) is 11.3 Å². The van der Waals surface area contributed by atoms with Gasteiger partial charge in [0.2, 0.25) is 0 Å². The fourth-order valence-electron chi connectivity index (χ4n) is 2.18. The summed E-state index contributed by atoms with van der Waals surface area (Å²) in [5.74, 6) is 0.708. The monoisotopic (exact) mass is 332 g/mol. The standard InChI is InChI=1S/C17H12N6S/c1-2-5-19-13(3-1)15-11-24-17(22-15)23-16-9-12(4-6-21-16)14-10-18-7-8-20-14/h1-11H,(H,21,22,23). The average molecular weight is 332 g/mol. The van der Waals surface area contributed by atoms with Crippen LogP contribution in [-0.2, 0) is 0 Å². The number of hydrogen-bond donors (Lipinski definition) is 1. The first-order valence-electron chi connectivity index (χ1n) is 7.25. The molecular weight excluding hydrogens is 320 g/mol. The Morgan fingerprint density at radius 2 is 1.79 bits per heavy atom. The molecule has 0 aliphatic carbocycles. The Kier molecular flexibility index (Phi) is 3.91. The van der Waals surface area contributed by atoms with Crippen LogP contribution in [0.5, 0.6) is 0 Å². The molecule has 0 atom stereocenters. The van der Waals surface area contributed by atoms with E-state index in [2.05, 4.69) is 30.2 Å². The summed E-state index contributed by atoms with van der Waals surface area (Å²) in [7, 11) is 0. The van der Waals surface area contributed by atoms with Gasteiger partial charge in [-0.15, -0.1) is 11.3 Å². The van der Waals surface area contributed by atoms with Gasteiger partial charge in [-0.1, -0.05) is 6.07 Å². The van der Waals surface area contributed by atoms with Gasteiger partial charge in [0.15, 0.2) is 5.13 Å². The molecule has 0 bridgehead atoms. The maximum Gasteiger partial charge on any atom is 0.188 e. The number of nitrogens with zero attached hydrogens (tertiary/aromatic N) is 5. The van der Waals surface area contributed by atoms with E-state index in [9.17, 15) is 0 Å². The maximum absolute atomic E-state index is 4.56. The molecule has 0 saturated carbocycles. The minimum Gasteiger partial charge on any atom is -0.316 e. The highest BCUT2D eigenvalue weighted by Crippen LogP contribution is 2.26. The molecule has 116 valence electrons. The molecule has 0 fully saturated rings. The summed E-state index contributed by atoms with van der Waals surface area (Å²) in [6.45, 7) is 0. The molecule has 4 aromatic heterocycles. The quantitative estimate of drug-likeness (QED) is 0.612. The Labute approximate surface area is 142 Å². The maximum atomic E-state index is 4.56. The highest BCUT2D eigenvalue weighted by molar-refractivity contribution is 7.14. The summed E-state index contributed by atoms with van der Waals surface area (Å²) in [5.41, 5.74) is 3.44. The van der Waals surface area contributed by atoms with Gasteiger partial charge in [0, 0.05) is 35.7 Å². The van der Waals surface area contributed by atoms with Crippen LogP contribution in [0.2, 0.25) is 0 Å². The third kappa shape index (κ3) is 3.11. The van der Waals surface area contributed by atoms with Crippen molar-refractivity contribution in [2.45, 2.75) is 0 Å². The minimum atomic E-state index is 0.708. The van der Waals surface area contributed by atoms with E-state index in [1.807, 2.05) is 35.7 Å². The first-order valence-corrected chi connectivity index (χ1v) is 8.13. The van der Waals surface area contributed by atoms with Crippen molar-refractivity contribution in [2.24, 2.45) is 0 Å². The van der Waals surface area contributed by atoms with Gasteiger partial charge in [0.05, 0.1) is 17.6 Å². The summed E-state index contributed by atoms with van der Waals surface area (Å²) in [6, 6.07) is 9.59. The number of nitrogens with one attached hydrogen (secondary N) is 1. The van der Waals surface area contributed by atoms with Crippen LogP contribution in [0.3, 0.4) is 0 Å². The zero-order chi connectivity index (χ0) is 16.2. The van der Waals surface area contributed by atoms with E-state index >= 15 is 0 Å². The molecule has 6 nitrogen and oxygen atoms in total. The van der Waals surface area contributed by atoms with Crippen LogP contribution < -0.4 is 5.32 Å². The van der Waals surface area contributed by atoms with E-state index in [0.29, 0.717) is 5.82 Å². The van der Waals surface area contributed by atoms with E-state index in [4.69, 9.17) is 0 Å². The van der Waals surface area contributed by atoms with Gasteiger partial charge in [-0.2, -0.15) is 0 Å². The molecule has 0 aliphatic heterocycles. The smallest absolute Gasteiger partial charge is 0.188 e. The van der Waals surface area contributed by atoms with Crippen LogP contribution >= 0.6 is 11.3 Å². The van der Waals surface area contributed by atoms with E-state index in [0.717, 1.165) is 27.8 Å². The first-order chi connectivity index (χ1) is 11.9. The van der Waals surface area contributed by atoms with Gasteiger partial charge >= 0.3 is 0 Å². The zero-order valence-electron chi connectivity index (χ0n) is 12.5. The summed E-state index contributed by atoms with van der Waals surface area (Å²) in [4.78, 5) is 21.6. The summed E-state index contributed by atoms with van der Waals surface area (Å²) in [6.07, 6.45) is 8.54. The third-order valence-electron chi connectivity index (χ3n) is 3.29. The Hall–Kier alpha value is -3.19. The minimum absolute atomic E-state index is 0.708. The van der Waals surface area contributed by atoms with Crippen molar-refractivity contribution in [2.75, 3.05) is 5.32 Å². The van der Waals surface area contributed by atoms with Gasteiger partial charge in [0.25, 0.3) is 0 Å². The van der Waals surface area contributed by atoms with Crippen molar-refractivity contribution in [3.05, 3.63) is 66.7 Å². The van der Waals surface area contributed by atoms with Crippen molar-refractivity contribution in [3.63, 3.8) is 0 Å². The highest BCUT2D eigenvalue weighted by Gasteiger charge is 2.07. The van der Waals surface area contributed by atoms with E-state index in [-0.39, 0.29) is 0 Å². The summed E-state index contributed by atoms with van der Waals surface area (Å²) in [5, 5.41) is 5.96. The van der Waals surface area contributed by atoms with Crippen LogP contribution in [0, 0.1) is 0 Å². The average Bonchev–Trinajstić information content (AvgIpc) is 3.12. The Bertz CT molecular complexity index is 939. The number of thiazole rings is 1. The molecule has 1 N–H and O–H groups in total. The van der Waals surface area contributed by atoms with Crippen molar-refractivity contribution < 1.29 is 0 Å². The fourth-order valence-corrected chi connectivity index (χ4v) is 2.89. The molecular formula is C17H12N6S. The lowest BCUT2D eigenvalue weighted by molar-refractivity contribution is 1.20. The van der Waals surface area contributed by atoms with Gasteiger partial charge < -0.3 is 5.32 Å². The molecule has 0 unspecified atom stereocenters. The van der Waals surface area contributed by atoms with Crippen LogP contribution in [0.4, 0.5) is 10.9 Å². The van der Waals surface area contributed by atoms with Crippen molar-refractivity contribution in [1.82, 2.24) is 24.9 Å². The Balaban J connectivity index is 1.57. The number of hydrogen-bond acceptors (Lipinski definition) is 7. The predicted octanol–water partition coefficient (Wildman–Crippen LogP) is 3.80. The fraction of sp³-hybridized carbons (Fsp3) is 0. The topological polar surface area (TPSA) is 76.5 Å². The number of pyridine rings is 2. The SMILES string of the molecule is c1ccc(-c2csc(Nc3cc(-c4cnccn4)ccn3)n2)nc1. The van der Waals surface area contributed by atoms with Gasteiger partial charge in [-0.3, -0.25) is 15.0 Å². The molecule has 0 saturated heterocycles. The summed E-state index contributed by atoms with van der Waals surface area (Å²) < 4.78 is 0. The van der Waals surface area contributed by atoms with E-state index < -0.39 is 0 Å². The van der Waals surface area contributed by atoms with Crippen molar-refractivity contribution in [1.29, 1.82) is 0 Å². The Morgan fingerprint density at radius 3 is 2.62 bits per heavy atom. The van der Waals surface area contributed by atoms with Crippen LogP contribution in [0.15, 0.2) is 66.7 Å². The number of aromatic nitrogens is 5. The molecule has 0 radical (unpaired) electrons.